The van der Waals surface area contributed by atoms with Crippen molar-refractivity contribution in [3.8, 4) is 0 Å². The lowest BCUT2D eigenvalue weighted by molar-refractivity contribution is -0.137. The van der Waals surface area contributed by atoms with E-state index >= 15 is 0 Å². The molecule has 0 atom stereocenters. The van der Waals surface area contributed by atoms with E-state index < -0.39 is 32.5 Å². The Morgan fingerprint density at radius 2 is 2.19 bits per heavy atom. The number of nitrogens with one attached hydrogen (secondary N) is 1. The quantitative estimate of drug-likeness (QED) is 0.915. The van der Waals surface area contributed by atoms with Crippen LogP contribution in [0.25, 0.3) is 0 Å². The standard InChI is InChI=1S/C11H14F3N3O3S/c1-2-15-10-9(11(12,13)14)6-8(7-16-10)21(18,19)17-4-3-5-20-17/h6-7H,2-5H2,1H3,(H,15,16). The summed E-state index contributed by atoms with van der Waals surface area (Å²) in [4.78, 5) is 7.93. The lowest BCUT2D eigenvalue weighted by Gasteiger charge is -2.17. The minimum Gasteiger partial charge on any atom is -0.370 e. The second-order valence-electron chi connectivity index (χ2n) is 4.31. The Balaban J connectivity index is 2.46. The average molecular weight is 325 g/mol. The molecule has 21 heavy (non-hydrogen) atoms. The summed E-state index contributed by atoms with van der Waals surface area (Å²) in [6, 6.07) is 0.571. The zero-order valence-electron chi connectivity index (χ0n) is 11.1. The molecule has 0 spiro atoms. The summed E-state index contributed by atoms with van der Waals surface area (Å²) in [5.41, 5.74) is -1.12. The first-order valence-electron chi connectivity index (χ1n) is 6.23. The van der Waals surface area contributed by atoms with Gasteiger partial charge in [-0.3, -0.25) is 4.84 Å². The number of halogens is 3. The molecule has 0 amide bonds. The summed E-state index contributed by atoms with van der Waals surface area (Å²) in [6.07, 6.45) is -3.32. The van der Waals surface area contributed by atoms with Crippen molar-refractivity contribution >= 4 is 15.8 Å². The third-order valence-corrected chi connectivity index (χ3v) is 4.44. The molecule has 0 saturated carbocycles. The minimum atomic E-state index is -4.71. The fourth-order valence-electron chi connectivity index (χ4n) is 1.84. The van der Waals surface area contributed by atoms with Crippen molar-refractivity contribution in [2.24, 2.45) is 0 Å². The smallest absolute Gasteiger partial charge is 0.370 e. The molecule has 118 valence electrons. The molecule has 1 aromatic rings. The first-order chi connectivity index (χ1) is 9.76. The SMILES string of the molecule is CCNc1ncc(S(=O)(=O)N2CCCO2)cc1C(F)(F)F. The Bertz CT molecular complexity index is 613. The third kappa shape index (κ3) is 3.27. The molecule has 0 aliphatic carbocycles. The predicted molar refractivity (Wildman–Crippen MR) is 67.9 cm³/mol. The van der Waals surface area contributed by atoms with Crippen LogP contribution in [-0.4, -0.2) is 37.6 Å². The monoisotopic (exact) mass is 325 g/mol. The van der Waals surface area contributed by atoms with Crippen LogP contribution in [0.5, 0.6) is 0 Å². The van der Waals surface area contributed by atoms with Gasteiger partial charge in [-0.25, -0.2) is 13.4 Å². The highest BCUT2D eigenvalue weighted by Gasteiger charge is 2.37. The van der Waals surface area contributed by atoms with E-state index in [1.165, 1.54) is 0 Å². The van der Waals surface area contributed by atoms with Crippen LogP contribution in [0.15, 0.2) is 17.2 Å². The van der Waals surface area contributed by atoms with Gasteiger partial charge in [0.15, 0.2) is 0 Å². The molecule has 0 unspecified atom stereocenters. The van der Waals surface area contributed by atoms with Crippen LogP contribution >= 0.6 is 0 Å². The van der Waals surface area contributed by atoms with Crippen LogP contribution in [0.1, 0.15) is 18.9 Å². The Labute approximate surface area is 119 Å². The molecule has 0 radical (unpaired) electrons. The van der Waals surface area contributed by atoms with Crippen molar-refractivity contribution in [1.82, 2.24) is 9.45 Å². The average Bonchev–Trinajstić information content (AvgIpc) is 2.92. The van der Waals surface area contributed by atoms with Crippen molar-refractivity contribution in [3.05, 3.63) is 17.8 Å². The van der Waals surface area contributed by atoms with E-state index in [4.69, 9.17) is 4.84 Å². The van der Waals surface area contributed by atoms with E-state index in [-0.39, 0.29) is 19.7 Å². The molecule has 10 heteroatoms. The lowest BCUT2D eigenvalue weighted by atomic mass is 10.2. The molecule has 2 rings (SSSR count). The molecule has 0 bridgehead atoms. The van der Waals surface area contributed by atoms with Gasteiger partial charge in [0.05, 0.1) is 12.2 Å². The van der Waals surface area contributed by atoms with Crippen LogP contribution in [-0.2, 0) is 21.0 Å². The van der Waals surface area contributed by atoms with E-state index in [1.54, 1.807) is 6.92 Å². The van der Waals surface area contributed by atoms with Crippen LogP contribution in [0.4, 0.5) is 19.0 Å². The number of sulfonamides is 1. The summed E-state index contributed by atoms with van der Waals surface area (Å²) < 4.78 is 64.0. The van der Waals surface area contributed by atoms with Gasteiger partial charge >= 0.3 is 6.18 Å². The third-order valence-electron chi connectivity index (χ3n) is 2.80. The highest BCUT2D eigenvalue weighted by atomic mass is 32.2. The topological polar surface area (TPSA) is 71.5 Å². The Morgan fingerprint density at radius 1 is 1.48 bits per heavy atom. The lowest BCUT2D eigenvalue weighted by Crippen LogP contribution is -2.27. The summed E-state index contributed by atoms with van der Waals surface area (Å²) in [5.74, 6) is -0.397. The highest BCUT2D eigenvalue weighted by Crippen LogP contribution is 2.35. The molecule has 1 aliphatic rings. The predicted octanol–water partition coefficient (Wildman–Crippen LogP) is 1.86. The molecular weight excluding hydrogens is 311 g/mol. The van der Waals surface area contributed by atoms with E-state index in [2.05, 4.69) is 10.3 Å². The first kappa shape index (κ1) is 16.0. The second kappa shape index (κ2) is 5.78. The highest BCUT2D eigenvalue weighted by molar-refractivity contribution is 7.89. The van der Waals surface area contributed by atoms with Crippen molar-refractivity contribution in [1.29, 1.82) is 0 Å². The van der Waals surface area contributed by atoms with Crippen molar-refractivity contribution in [2.75, 3.05) is 25.0 Å². The molecule has 1 aromatic heterocycles. The van der Waals surface area contributed by atoms with E-state index in [0.29, 0.717) is 17.0 Å². The minimum absolute atomic E-state index is 0.110. The van der Waals surface area contributed by atoms with Gasteiger partial charge in [0.25, 0.3) is 10.0 Å². The molecule has 6 nitrogen and oxygen atoms in total. The van der Waals surface area contributed by atoms with Gasteiger partial charge in [-0.2, -0.15) is 13.2 Å². The van der Waals surface area contributed by atoms with Crippen LogP contribution < -0.4 is 5.32 Å². The Kier molecular flexibility index (Phi) is 4.40. The number of pyridine rings is 1. The van der Waals surface area contributed by atoms with E-state index in [0.717, 1.165) is 6.20 Å². The molecule has 1 fully saturated rings. The van der Waals surface area contributed by atoms with Gasteiger partial charge in [0, 0.05) is 19.3 Å². The van der Waals surface area contributed by atoms with Crippen LogP contribution in [0.3, 0.4) is 0 Å². The molecular formula is C11H14F3N3O3S. The fraction of sp³-hybridized carbons (Fsp3) is 0.545. The van der Waals surface area contributed by atoms with Gasteiger partial charge in [-0.15, -0.1) is 0 Å². The van der Waals surface area contributed by atoms with Crippen LogP contribution in [0, 0.1) is 0 Å². The van der Waals surface area contributed by atoms with E-state index in [1.807, 2.05) is 0 Å². The maximum atomic E-state index is 13.0. The maximum absolute atomic E-state index is 13.0. The number of nitrogens with zero attached hydrogens (tertiary/aromatic N) is 2. The molecule has 0 aromatic carbocycles. The molecule has 1 aliphatic heterocycles. The number of aromatic nitrogens is 1. The number of anilines is 1. The van der Waals surface area contributed by atoms with Crippen molar-refractivity contribution in [3.63, 3.8) is 0 Å². The van der Waals surface area contributed by atoms with Crippen molar-refractivity contribution < 1.29 is 26.4 Å². The van der Waals surface area contributed by atoms with Gasteiger partial charge in [-0.1, -0.05) is 4.47 Å². The second-order valence-corrected chi connectivity index (χ2v) is 6.14. The summed E-state index contributed by atoms with van der Waals surface area (Å²) in [7, 11) is -4.13. The number of rotatable bonds is 4. The summed E-state index contributed by atoms with van der Waals surface area (Å²) in [6.45, 7) is 2.18. The largest absolute Gasteiger partial charge is 0.419 e. The van der Waals surface area contributed by atoms with E-state index in [9.17, 15) is 21.6 Å². The van der Waals surface area contributed by atoms with Gasteiger partial charge < -0.3 is 5.32 Å². The summed E-state index contributed by atoms with van der Waals surface area (Å²) in [5, 5.41) is 2.46. The zero-order valence-corrected chi connectivity index (χ0v) is 12.0. The Hall–Kier alpha value is -1.39. The molecule has 2 heterocycles. The first-order valence-corrected chi connectivity index (χ1v) is 7.67. The molecule has 1 saturated heterocycles. The fourth-order valence-corrected chi connectivity index (χ4v) is 3.11. The number of hydroxylamine groups is 1. The maximum Gasteiger partial charge on any atom is 0.419 e. The van der Waals surface area contributed by atoms with Gasteiger partial charge in [0.1, 0.15) is 10.7 Å². The normalized spacial score (nSPS) is 17.1. The number of alkyl halides is 3. The Morgan fingerprint density at radius 3 is 2.71 bits per heavy atom. The van der Waals surface area contributed by atoms with Gasteiger partial charge in [0.2, 0.25) is 0 Å². The summed E-state index contributed by atoms with van der Waals surface area (Å²) >= 11 is 0. The van der Waals surface area contributed by atoms with Gasteiger partial charge in [-0.05, 0) is 19.4 Å². The van der Waals surface area contributed by atoms with Crippen molar-refractivity contribution in [2.45, 2.75) is 24.4 Å². The number of hydrogen-bond acceptors (Lipinski definition) is 5. The number of hydrogen-bond donors (Lipinski definition) is 1. The molecule has 1 N–H and O–H groups in total. The zero-order chi connectivity index (χ0) is 15.7. The van der Waals surface area contributed by atoms with Crippen LogP contribution in [0.2, 0.25) is 0 Å².